The molecule has 0 radical (unpaired) electrons. The number of H-pyrrole nitrogens is 1. The molecule has 160 valence electrons. The van der Waals surface area contributed by atoms with Crippen LogP contribution in [-0.2, 0) is 9.53 Å². The Bertz CT molecular complexity index is 1020. The number of carbonyl (C=O) groups is 1. The zero-order chi connectivity index (χ0) is 20.5. The van der Waals surface area contributed by atoms with Crippen LogP contribution in [0.25, 0.3) is 10.9 Å². The van der Waals surface area contributed by atoms with Crippen molar-refractivity contribution in [3.05, 3.63) is 60.0 Å². The minimum Gasteiger partial charge on any atom is -0.495 e. The van der Waals surface area contributed by atoms with Crippen LogP contribution in [0, 0.1) is 11.7 Å². The number of benzene rings is 2. The molecule has 1 aliphatic carbocycles. The number of anilines is 1. The first-order chi connectivity index (χ1) is 14.0. The largest absolute Gasteiger partial charge is 0.495 e. The van der Waals surface area contributed by atoms with Crippen molar-refractivity contribution in [2.45, 2.75) is 24.8 Å². The van der Waals surface area contributed by atoms with E-state index < -0.39 is 0 Å². The molecule has 1 heterocycles. The maximum absolute atomic E-state index is 13.5. The second-order valence-corrected chi connectivity index (χ2v) is 7.52. The van der Waals surface area contributed by atoms with Crippen LogP contribution in [0.2, 0.25) is 0 Å². The number of esters is 1. The third-order valence-electron chi connectivity index (χ3n) is 6.12. The predicted octanol–water partition coefficient (Wildman–Crippen LogP) is 4.91. The summed E-state index contributed by atoms with van der Waals surface area (Å²) in [5.41, 5.74) is 2.94. The van der Waals surface area contributed by atoms with E-state index in [1.54, 1.807) is 19.2 Å². The van der Waals surface area contributed by atoms with E-state index in [-0.39, 0.29) is 42.1 Å². The highest BCUT2D eigenvalue weighted by molar-refractivity contribution is 5.96. The number of hydrogen-bond acceptors (Lipinski definition) is 4. The van der Waals surface area contributed by atoms with Crippen LogP contribution in [0.3, 0.4) is 0 Å². The standard InChI is InChI=1S/C23H25FN2O3.ClH/c1-26(22-16-12-13-25-18(16)9-11-20(22)28-2)19-10-8-17(23(27)29-3)21(19)14-4-6-15(24)7-5-14;/h4-7,9,11-13,17,19,21,25H,8,10H2,1-3H3;1H. The van der Waals surface area contributed by atoms with E-state index >= 15 is 0 Å². The van der Waals surface area contributed by atoms with Crippen molar-refractivity contribution >= 4 is 35.0 Å². The Kier molecular flexibility index (Phi) is 6.56. The molecule has 5 nitrogen and oxygen atoms in total. The Morgan fingerprint density at radius 3 is 2.50 bits per heavy atom. The van der Waals surface area contributed by atoms with Crippen LogP contribution in [0.5, 0.6) is 5.75 Å². The lowest BCUT2D eigenvalue weighted by Crippen LogP contribution is -2.36. The second kappa shape index (κ2) is 8.96. The molecule has 3 unspecified atom stereocenters. The van der Waals surface area contributed by atoms with Crippen LogP contribution in [0.4, 0.5) is 10.1 Å². The molecule has 7 heteroatoms. The number of nitrogens with one attached hydrogen (secondary N) is 1. The number of fused-ring (bicyclic) bond motifs is 1. The maximum Gasteiger partial charge on any atom is 0.309 e. The van der Waals surface area contributed by atoms with E-state index in [2.05, 4.69) is 9.88 Å². The first-order valence-corrected chi connectivity index (χ1v) is 9.75. The molecule has 1 N–H and O–H groups in total. The van der Waals surface area contributed by atoms with Gasteiger partial charge in [-0.3, -0.25) is 4.79 Å². The monoisotopic (exact) mass is 432 g/mol. The van der Waals surface area contributed by atoms with Gasteiger partial charge in [0.05, 0.1) is 25.8 Å². The number of likely N-dealkylation sites (N-methyl/N-ethyl adjacent to an activating group) is 1. The number of nitrogens with zero attached hydrogens (tertiary/aromatic N) is 1. The Morgan fingerprint density at radius 2 is 1.83 bits per heavy atom. The molecule has 0 amide bonds. The average Bonchev–Trinajstić information content (AvgIpc) is 3.39. The molecule has 2 aromatic carbocycles. The van der Waals surface area contributed by atoms with Crippen molar-refractivity contribution in [2.24, 2.45) is 5.92 Å². The summed E-state index contributed by atoms with van der Waals surface area (Å²) in [6.45, 7) is 0. The number of hydrogen-bond donors (Lipinski definition) is 1. The number of aromatic nitrogens is 1. The van der Waals surface area contributed by atoms with Crippen molar-refractivity contribution in [3.8, 4) is 5.75 Å². The number of aromatic amines is 1. The van der Waals surface area contributed by atoms with E-state index in [4.69, 9.17) is 9.47 Å². The first kappa shape index (κ1) is 22.0. The van der Waals surface area contributed by atoms with Gasteiger partial charge in [0.2, 0.25) is 0 Å². The molecule has 1 aliphatic rings. The van der Waals surface area contributed by atoms with E-state index in [1.165, 1.54) is 19.2 Å². The van der Waals surface area contributed by atoms with E-state index in [0.29, 0.717) is 0 Å². The summed E-state index contributed by atoms with van der Waals surface area (Å²) in [5, 5.41) is 1.06. The van der Waals surface area contributed by atoms with Gasteiger partial charge in [-0.15, -0.1) is 12.4 Å². The second-order valence-electron chi connectivity index (χ2n) is 7.52. The third-order valence-corrected chi connectivity index (χ3v) is 6.12. The number of ether oxygens (including phenoxy) is 2. The number of methoxy groups -OCH3 is 2. The Morgan fingerprint density at radius 1 is 1.10 bits per heavy atom. The van der Waals surface area contributed by atoms with E-state index in [0.717, 1.165) is 40.7 Å². The minimum absolute atomic E-state index is 0. The van der Waals surface area contributed by atoms with Gasteiger partial charge in [0.15, 0.2) is 0 Å². The van der Waals surface area contributed by atoms with Crippen molar-refractivity contribution in [3.63, 3.8) is 0 Å². The minimum atomic E-state index is -0.287. The van der Waals surface area contributed by atoms with Gasteiger partial charge in [-0.05, 0) is 48.7 Å². The Balaban J connectivity index is 0.00000256. The van der Waals surface area contributed by atoms with Gasteiger partial charge < -0.3 is 19.4 Å². The van der Waals surface area contributed by atoms with Crippen LogP contribution in [-0.4, -0.2) is 38.3 Å². The molecule has 3 aromatic rings. The first-order valence-electron chi connectivity index (χ1n) is 9.75. The summed E-state index contributed by atoms with van der Waals surface area (Å²) in [6, 6.07) is 12.5. The lowest BCUT2D eigenvalue weighted by molar-refractivity contribution is -0.145. The van der Waals surface area contributed by atoms with Gasteiger partial charge in [0.1, 0.15) is 11.6 Å². The zero-order valence-corrected chi connectivity index (χ0v) is 18.0. The predicted molar refractivity (Wildman–Crippen MR) is 118 cm³/mol. The molecule has 1 aromatic heterocycles. The molecule has 1 saturated carbocycles. The Hall–Kier alpha value is -2.73. The van der Waals surface area contributed by atoms with Gasteiger partial charge in [-0.2, -0.15) is 0 Å². The highest BCUT2D eigenvalue weighted by Crippen LogP contribution is 2.46. The molecule has 0 saturated heterocycles. The highest BCUT2D eigenvalue weighted by atomic mass is 35.5. The topological polar surface area (TPSA) is 54.6 Å². The van der Waals surface area contributed by atoms with Gasteiger partial charge in [0, 0.05) is 36.1 Å². The van der Waals surface area contributed by atoms with Gasteiger partial charge in [0.25, 0.3) is 0 Å². The van der Waals surface area contributed by atoms with Crippen molar-refractivity contribution in [2.75, 3.05) is 26.2 Å². The molecular formula is C23H26ClFN2O3. The molecular weight excluding hydrogens is 407 g/mol. The van der Waals surface area contributed by atoms with E-state index in [1.807, 2.05) is 31.4 Å². The summed E-state index contributed by atoms with van der Waals surface area (Å²) in [4.78, 5) is 18.0. The maximum atomic E-state index is 13.5. The van der Waals surface area contributed by atoms with Crippen LogP contribution in [0.15, 0.2) is 48.7 Å². The molecule has 4 rings (SSSR count). The van der Waals surface area contributed by atoms with Gasteiger partial charge >= 0.3 is 5.97 Å². The summed E-state index contributed by atoms with van der Waals surface area (Å²) in [5.74, 6) is -0.104. The summed E-state index contributed by atoms with van der Waals surface area (Å²) < 4.78 is 24.3. The average molecular weight is 433 g/mol. The summed E-state index contributed by atoms with van der Waals surface area (Å²) in [6.07, 6.45) is 3.45. The highest BCUT2D eigenvalue weighted by Gasteiger charge is 2.44. The fourth-order valence-corrected chi connectivity index (χ4v) is 4.76. The lowest BCUT2D eigenvalue weighted by Gasteiger charge is -2.34. The Labute approximate surface area is 181 Å². The van der Waals surface area contributed by atoms with Crippen LogP contribution < -0.4 is 9.64 Å². The zero-order valence-electron chi connectivity index (χ0n) is 17.2. The smallest absolute Gasteiger partial charge is 0.309 e. The van der Waals surface area contributed by atoms with E-state index in [9.17, 15) is 9.18 Å². The summed E-state index contributed by atoms with van der Waals surface area (Å²) >= 11 is 0. The van der Waals surface area contributed by atoms with Gasteiger partial charge in [-0.1, -0.05) is 12.1 Å². The van der Waals surface area contributed by atoms with Crippen LogP contribution in [0.1, 0.15) is 24.3 Å². The number of carbonyl (C=O) groups excluding carboxylic acids is 1. The van der Waals surface area contributed by atoms with Crippen molar-refractivity contribution < 1.29 is 18.7 Å². The SMILES string of the molecule is COC(=O)C1CCC(N(C)c2c(OC)ccc3[nH]ccc23)C1c1ccc(F)cc1.Cl. The quantitative estimate of drug-likeness (QED) is 0.582. The molecule has 0 bridgehead atoms. The molecule has 1 fully saturated rings. The lowest BCUT2D eigenvalue weighted by atomic mass is 9.85. The van der Waals surface area contributed by atoms with Crippen LogP contribution >= 0.6 is 12.4 Å². The van der Waals surface area contributed by atoms with Crippen molar-refractivity contribution in [1.82, 2.24) is 4.98 Å². The number of halogens is 2. The third kappa shape index (κ3) is 3.72. The molecule has 30 heavy (non-hydrogen) atoms. The molecule has 0 aliphatic heterocycles. The fourth-order valence-electron chi connectivity index (χ4n) is 4.76. The summed E-state index contributed by atoms with van der Waals surface area (Å²) in [7, 11) is 5.12. The molecule has 0 spiro atoms. The fraction of sp³-hybridized carbons (Fsp3) is 0.348. The van der Waals surface area contributed by atoms with Crippen molar-refractivity contribution in [1.29, 1.82) is 0 Å². The molecule has 3 atom stereocenters. The number of rotatable bonds is 5. The normalized spacial score (nSPS) is 20.6. The van der Waals surface area contributed by atoms with Gasteiger partial charge in [-0.25, -0.2) is 4.39 Å².